The van der Waals surface area contributed by atoms with E-state index in [-0.39, 0.29) is 0 Å². The van der Waals surface area contributed by atoms with Crippen LogP contribution < -0.4 is 0 Å². The molecule has 0 aromatic rings. The maximum Gasteiger partial charge on any atom is 0.397 e. The molecular weight excluding hydrogens is 219 g/mol. The van der Waals surface area contributed by atoms with E-state index in [0.29, 0.717) is 13.1 Å². The Morgan fingerprint density at radius 1 is 1.06 bits per heavy atom. The van der Waals surface area contributed by atoms with Crippen molar-refractivity contribution in [3.8, 4) is 0 Å². The molecule has 0 unspecified atom stereocenters. The van der Waals surface area contributed by atoms with E-state index in [9.17, 15) is 18.0 Å². The maximum atomic E-state index is 12.1. The van der Waals surface area contributed by atoms with Crippen LogP contribution in [0.1, 0.15) is 46.0 Å². The third-order valence-electron chi connectivity index (χ3n) is 2.27. The zero-order valence-corrected chi connectivity index (χ0v) is 9.94. The van der Waals surface area contributed by atoms with Crippen LogP contribution in [0.2, 0.25) is 0 Å². The number of nitrogens with zero attached hydrogens (tertiary/aromatic N) is 1. The van der Waals surface area contributed by atoms with Crippen molar-refractivity contribution in [3.63, 3.8) is 0 Å². The molecule has 0 aliphatic rings. The van der Waals surface area contributed by atoms with Crippen molar-refractivity contribution in [2.45, 2.75) is 52.1 Å². The summed E-state index contributed by atoms with van der Waals surface area (Å²) in [7, 11) is 0. The molecule has 5 heteroatoms. The highest BCUT2D eigenvalue weighted by molar-refractivity contribution is 5.76. The van der Waals surface area contributed by atoms with Crippen LogP contribution in [0.3, 0.4) is 0 Å². The van der Waals surface area contributed by atoms with Crippen LogP contribution in [-0.4, -0.2) is 30.1 Å². The summed E-state index contributed by atoms with van der Waals surface area (Å²) in [5.41, 5.74) is 0. The van der Waals surface area contributed by atoms with Crippen LogP contribution in [0.15, 0.2) is 0 Å². The molecule has 96 valence electrons. The second kappa shape index (κ2) is 7.52. The molecule has 0 aromatic heterocycles. The molecule has 0 aliphatic heterocycles. The van der Waals surface area contributed by atoms with Crippen LogP contribution in [-0.2, 0) is 4.79 Å². The predicted molar refractivity (Wildman–Crippen MR) is 57.1 cm³/mol. The molecule has 0 saturated heterocycles. The molecular formula is C11H20F3NO. The summed E-state index contributed by atoms with van der Waals surface area (Å²) < 4.78 is 36.2. The monoisotopic (exact) mass is 239 g/mol. The fraction of sp³-hybridized carbons (Fsp3) is 0.909. The van der Waals surface area contributed by atoms with E-state index in [2.05, 4.69) is 0 Å². The SMILES string of the molecule is CCCCN(CCCC)C(=O)CC(F)(F)F. The maximum absolute atomic E-state index is 12.1. The number of halogens is 3. The highest BCUT2D eigenvalue weighted by atomic mass is 19.4. The molecule has 0 saturated carbocycles. The van der Waals surface area contributed by atoms with Gasteiger partial charge < -0.3 is 4.90 Å². The Hall–Kier alpha value is -0.740. The third kappa shape index (κ3) is 7.54. The largest absolute Gasteiger partial charge is 0.397 e. The van der Waals surface area contributed by atoms with E-state index in [4.69, 9.17) is 0 Å². The molecule has 1 amide bonds. The Kier molecular flexibility index (Phi) is 7.17. The van der Waals surface area contributed by atoms with Gasteiger partial charge in [0.05, 0.1) is 0 Å². The molecule has 0 rings (SSSR count). The van der Waals surface area contributed by atoms with E-state index in [1.165, 1.54) is 4.90 Å². The van der Waals surface area contributed by atoms with Crippen LogP contribution in [0.4, 0.5) is 13.2 Å². The van der Waals surface area contributed by atoms with Crippen LogP contribution in [0, 0.1) is 0 Å². The first-order valence-electron chi connectivity index (χ1n) is 5.75. The molecule has 0 heterocycles. The van der Waals surface area contributed by atoms with Crippen molar-refractivity contribution in [2.24, 2.45) is 0 Å². The van der Waals surface area contributed by atoms with Crippen molar-refractivity contribution in [1.82, 2.24) is 4.90 Å². The first kappa shape index (κ1) is 15.3. The van der Waals surface area contributed by atoms with Gasteiger partial charge in [-0.25, -0.2) is 0 Å². The molecule has 0 bridgehead atoms. The predicted octanol–water partition coefficient (Wildman–Crippen LogP) is 3.37. The van der Waals surface area contributed by atoms with E-state index in [1.807, 2.05) is 13.8 Å². The van der Waals surface area contributed by atoms with Crippen molar-refractivity contribution in [3.05, 3.63) is 0 Å². The van der Waals surface area contributed by atoms with E-state index in [1.54, 1.807) is 0 Å². The van der Waals surface area contributed by atoms with E-state index < -0.39 is 18.5 Å². The highest BCUT2D eigenvalue weighted by Gasteiger charge is 2.33. The van der Waals surface area contributed by atoms with Crippen LogP contribution >= 0.6 is 0 Å². The van der Waals surface area contributed by atoms with Gasteiger partial charge in [0.15, 0.2) is 0 Å². The summed E-state index contributed by atoms with van der Waals surface area (Å²) in [5.74, 6) is -0.797. The molecule has 0 spiro atoms. The third-order valence-corrected chi connectivity index (χ3v) is 2.27. The van der Waals surface area contributed by atoms with Crippen molar-refractivity contribution < 1.29 is 18.0 Å². The molecule has 0 aliphatic carbocycles. The first-order valence-corrected chi connectivity index (χ1v) is 5.75. The molecule has 2 nitrogen and oxygen atoms in total. The summed E-state index contributed by atoms with van der Waals surface area (Å²) in [4.78, 5) is 12.7. The van der Waals surface area contributed by atoms with Gasteiger partial charge in [0, 0.05) is 13.1 Å². The van der Waals surface area contributed by atoms with Gasteiger partial charge in [-0.1, -0.05) is 26.7 Å². The van der Waals surface area contributed by atoms with Gasteiger partial charge in [-0.05, 0) is 12.8 Å². The lowest BCUT2D eigenvalue weighted by Crippen LogP contribution is -2.35. The van der Waals surface area contributed by atoms with Crippen molar-refractivity contribution in [2.75, 3.05) is 13.1 Å². The number of carbonyl (C=O) groups is 1. The Morgan fingerprint density at radius 2 is 1.50 bits per heavy atom. The number of unbranched alkanes of at least 4 members (excludes halogenated alkanes) is 2. The number of carbonyl (C=O) groups excluding carboxylic acids is 1. The Bertz CT molecular complexity index is 196. The van der Waals surface area contributed by atoms with Gasteiger partial charge >= 0.3 is 6.18 Å². The Balaban J connectivity index is 4.19. The standard InChI is InChI=1S/C11H20F3NO/c1-3-5-7-15(8-6-4-2)10(16)9-11(12,13)14/h3-9H2,1-2H3. The van der Waals surface area contributed by atoms with Crippen molar-refractivity contribution >= 4 is 5.91 Å². The topological polar surface area (TPSA) is 20.3 Å². The zero-order chi connectivity index (χ0) is 12.6. The number of alkyl halides is 3. The van der Waals surface area contributed by atoms with Gasteiger partial charge in [0.2, 0.25) is 5.91 Å². The molecule has 0 N–H and O–H groups in total. The summed E-state index contributed by atoms with van der Waals surface area (Å²) >= 11 is 0. The fourth-order valence-corrected chi connectivity index (χ4v) is 1.34. The smallest absolute Gasteiger partial charge is 0.342 e. The lowest BCUT2D eigenvalue weighted by Gasteiger charge is -2.23. The van der Waals surface area contributed by atoms with Gasteiger partial charge in [0.25, 0.3) is 0 Å². The number of amides is 1. The normalized spacial score (nSPS) is 11.6. The number of hydrogen-bond donors (Lipinski definition) is 0. The summed E-state index contributed by atoms with van der Waals surface area (Å²) in [6, 6.07) is 0. The average Bonchev–Trinajstić information content (AvgIpc) is 2.15. The second-order valence-electron chi connectivity index (χ2n) is 3.88. The molecule has 16 heavy (non-hydrogen) atoms. The van der Waals surface area contributed by atoms with Crippen LogP contribution in [0.5, 0.6) is 0 Å². The van der Waals surface area contributed by atoms with Gasteiger partial charge in [-0.3, -0.25) is 4.79 Å². The van der Waals surface area contributed by atoms with Gasteiger partial charge in [0.1, 0.15) is 6.42 Å². The van der Waals surface area contributed by atoms with E-state index >= 15 is 0 Å². The van der Waals surface area contributed by atoms with E-state index in [0.717, 1.165) is 25.7 Å². The molecule has 0 fully saturated rings. The van der Waals surface area contributed by atoms with Gasteiger partial charge in [-0.15, -0.1) is 0 Å². The Morgan fingerprint density at radius 3 is 1.81 bits per heavy atom. The van der Waals surface area contributed by atoms with Gasteiger partial charge in [-0.2, -0.15) is 13.2 Å². The van der Waals surface area contributed by atoms with Crippen molar-refractivity contribution in [1.29, 1.82) is 0 Å². The minimum atomic E-state index is -4.40. The minimum Gasteiger partial charge on any atom is -0.342 e. The summed E-state index contributed by atoms with van der Waals surface area (Å²) in [5, 5.41) is 0. The quantitative estimate of drug-likeness (QED) is 0.667. The summed E-state index contributed by atoms with van der Waals surface area (Å²) in [6.45, 7) is 4.77. The fourth-order valence-electron chi connectivity index (χ4n) is 1.34. The molecule has 0 aromatic carbocycles. The number of rotatable bonds is 7. The summed E-state index contributed by atoms with van der Waals surface area (Å²) in [6.07, 6.45) is -2.46. The molecule has 0 radical (unpaired) electrons. The number of hydrogen-bond acceptors (Lipinski definition) is 1. The lowest BCUT2D eigenvalue weighted by molar-refractivity contribution is -0.161. The second-order valence-corrected chi connectivity index (χ2v) is 3.88. The highest BCUT2D eigenvalue weighted by Crippen LogP contribution is 2.21. The Labute approximate surface area is 94.8 Å². The average molecular weight is 239 g/mol. The minimum absolute atomic E-state index is 0.436. The first-order chi connectivity index (χ1) is 7.40. The lowest BCUT2D eigenvalue weighted by atomic mass is 10.2. The van der Waals surface area contributed by atoms with Crippen LogP contribution in [0.25, 0.3) is 0 Å². The molecule has 0 atom stereocenters. The zero-order valence-electron chi connectivity index (χ0n) is 9.94.